The first-order valence-corrected chi connectivity index (χ1v) is 7.30. The van der Waals surface area contributed by atoms with E-state index in [9.17, 15) is 9.59 Å². The van der Waals surface area contributed by atoms with E-state index in [1.807, 2.05) is 30.3 Å². The number of piperidine rings is 1. The smallest absolute Gasteiger partial charge is 0.321 e. The predicted octanol–water partition coefficient (Wildman–Crippen LogP) is 0.756. The van der Waals surface area contributed by atoms with Crippen molar-refractivity contribution in [2.75, 3.05) is 18.4 Å². The molecule has 2 aliphatic heterocycles. The molecule has 21 heavy (non-hydrogen) atoms. The van der Waals surface area contributed by atoms with Crippen LogP contribution in [0.25, 0.3) is 0 Å². The van der Waals surface area contributed by atoms with E-state index in [1.165, 1.54) is 0 Å². The monoisotopic (exact) mass is 288 g/mol. The van der Waals surface area contributed by atoms with Gasteiger partial charge in [0.15, 0.2) is 0 Å². The number of benzene rings is 1. The van der Waals surface area contributed by atoms with Gasteiger partial charge in [-0.25, -0.2) is 4.79 Å². The van der Waals surface area contributed by atoms with Crippen LogP contribution in [0.2, 0.25) is 0 Å². The number of nitrogens with zero attached hydrogens (tertiary/aromatic N) is 1. The highest BCUT2D eigenvalue weighted by atomic mass is 16.2. The molecule has 0 bridgehead atoms. The van der Waals surface area contributed by atoms with Crippen LogP contribution in [-0.2, 0) is 4.79 Å². The number of rotatable bonds is 2. The van der Waals surface area contributed by atoms with Crippen molar-refractivity contribution in [1.29, 1.82) is 0 Å². The molecule has 4 N–H and O–H groups in total. The van der Waals surface area contributed by atoms with Crippen LogP contribution in [0.15, 0.2) is 30.3 Å². The molecule has 2 saturated heterocycles. The lowest BCUT2D eigenvalue weighted by Crippen LogP contribution is -2.51. The molecule has 0 spiro atoms. The van der Waals surface area contributed by atoms with Crippen LogP contribution in [0.3, 0.4) is 0 Å². The Morgan fingerprint density at radius 3 is 2.76 bits per heavy atom. The van der Waals surface area contributed by atoms with E-state index in [1.54, 1.807) is 4.90 Å². The summed E-state index contributed by atoms with van der Waals surface area (Å²) in [7, 11) is 0. The minimum Gasteiger partial charge on any atom is -0.368 e. The van der Waals surface area contributed by atoms with E-state index in [-0.39, 0.29) is 24.0 Å². The second kappa shape index (κ2) is 5.73. The molecule has 3 atom stereocenters. The van der Waals surface area contributed by atoms with Gasteiger partial charge in [-0.05, 0) is 30.9 Å². The maximum absolute atomic E-state index is 12.3. The number of fused-ring (bicyclic) bond motifs is 1. The summed E-state index contributed by atoms with van der Waals surface area (Å²) >= 11 is 0. The Labute approximate surface area is 123 Å². The highest BCUT2D eigenvalue weighted by Gasteiger charge is 2.40. The van der Waals surface area contributed by atoms with E-state index < -0.39 is 0 Å². The molecule has 2 aliphatic rings. The van der Waals surface area contributed by atoms with Crippen LogP contribution >= 0.6 is 0 Å². The van der Waals surface area contributed by atoms with Crippen molar-refractivity contribution in [2.24, 2.45) is 11.7 Å². The Morgan fingerprint density at radius 2 is 2.05 bits per heavy atom. The number of hydrogen-bond acceptors (Lipinski definition) is 3. The minimum absolute atomic E-state index is 0.0935. The standard InChI is InChI=1S/C15H20N4O2/c16-14(20)12-8-10-6-7-19(9-13(10)18-12)15(21)17-11-4-2-1-3-5-11/h1-5,10,12-13,18H,6-9H2,(H2,16,20)(H,17,21). The number of primary amides is 1. The summed E-state index contributed by atoms with van der Waals surface area (Å²) in [5.74, 6) is 0.132. The summed E-state index contributed by atoms with van der Waals surface area (Å²) in [5.41, 5.74) is 6.15. The number of amides is 3. The Balaban J connectivity index is 1.59. The second-order valence-electron chi connectivity index (χ2n) is 5.75. The average Bonchev–Trinajstić information content (AvgIpc) is 2.91. The van der Waals surface area contributed by atoms with Gasteiger partial charge in [-0.15, -0.1) is 0 Å². The zero-order valence-corrected chi connectivity index (χ0v) is 11.8. The third kappa shape index (κ3) is 3.00. The topological polar surface area (TPSA) is 87.5 Å². The molecule has 1 aromatic rings. The van der Waals surface area contributed by atoms with Crippen LogP contribution < -0.4 is 16.4 Å². The number of para-hydroxylation sites is 1. The van der Waals surface area contributed by atoms with Crippen LogP contribution in [-0.4, -0.2) is 42.0 Å². The van der Waals surface area contributed by atoms with Crippen molar-refractivity contribution in [3.05, 3.63) is 30.3 Å². The van der Waals surface area contributed by atoms with E-state index in [0.717, 1.165) is 18.5 Å². The zero-order valence-electron chi connectivity index (χ0n) is 11.8. The summed E-state index contributed by atoms with van der Waals surface area (Å²) in [6, 6.07) is 9.23. The quantitative estimate of drug-likeness (QED) is 0.750. The first kappa shape index (κ1) is 13.9. The second-order valence-corrected chi connectivity index (χ2v) is 5.75. The number of anilines is 1. The Morgan fingerprint density at radius 1 is 1.29 bits per heavy atom. The Kier molecular flexibility index (Phi) is 3.79. The molecule has 112 valence electrons. The van der Waals surface area contributed by atoms with Crippen LogP contribution in [0, 0.1) is 5.92 Å². The molecular formula is C15H20N4O2. The third-order valence-electron chi connectivity index (χ3n) is 4.37. The highest BCUT2D eigenvalue weighted by molar-refractivity contribution is 5.89. The number of carbonyl (C=O) groups is 2. The van der Waals surface area contributed by atoms with Gasteiger partial charge in [-0.3, -0.25) is 4.79 Å². The number of hydrogen-bond donors (Lipinski definition) is 3. The first-order chi connectivity index (χ1) is 10.1. The van der Waals surface area contributed by atoms with Crippen molar-refractivity contribution in [1.82, 2.24) is 10.2 Å². The minimum atomic E-state index is -0.301. The van der Waals surface area contributed by atoms with E-state index in [4.69, 9.17) is 5.73 Å². The summed E-state index contributed by atoms with van der Waals surface area (Å²) < 4.78 is 0. The Bertz CT molecular complexity index is 534. The molecular weight excluding hydrogens is 268 g/mol. The van der Waals surface area contributed by atoms with Crippen molar-refractivity contribution < 1.29 is 9.59 Å². The lowest BCUT2D eigenvalue weighted by molar-refractivity contribution is -0.119. The number of urea groups is 1. The lowest BCUT2D eigenvalue weighted by Gasteiger charge is -2.34. The van der Waals surface area contributed by atoms with Crippen molar-refractivity contribution in [2.45, 2.75) is 24.9 Å². The average molecular weight is 288 g/mol. The van der Waals surface area contributed by atoms with Crippen molar-refractivity contribution in [3.63, 3.8) is 0 Å². The molecule has 0 radical (unpaired) electrons. The molecule has 2 fully saturated rings. The van der Waals surface area contributed by atoms with Crippen LogP contribution in [0.1, 0.15) is 12.8 Å². The summed E-state index contributed by atoms with van der Waals surface area (Å²) in [6.07, 6.45) is 1.69. The van der Waals surface area contributed by atoms with E-state index >= 15 is 0 Å². The fourth-order valence-electron chi connectivity index (χ4n) is 3.21. The van der Waals surface area contributed by atoms with Gasteiger partial charge in [-0.1, -0.05) is 18.2 Å². The fraction of sp³-hybridized carbons (Fsp3) is 0.467. The molecule has 6 heteroatoms. The van der Waals surface area contributed by atoms with Gasteiger partial charge in [0, 0.05) is 24.8 Å². The van der Waals surface area contributed by atoms with Gasteiger partial charge in [0.1, 0.15) is 0 Å². The fourth-order valence-corrected chi connectivity index (χ4v) is 3.21. The highest BCUT2D eigenvalue weighted by Crippen LogP contribution is 2.28. The first-order valence-electron chi connectivity index (χ1n) is 7.30. The molecule has 3 amide bonds. The van der Waals surface area contributed by atoms with Gasteiger partial charge in [-0.2, -0.15) is 0 Å². The molecule has 1 aromatic carbocycles. The van der Waals surface area contributed by atoms with Gasteiger partial charge in [0.2, 0.25) is 5.91 Å². The molecule has 3 unspecified atom stereocenters. The summed E-state index contributed by atoms with van der Waals surface area (Å²) in [4.78, 5) is 25.3. The molecule has 2 heterocycles. The van der Waals surface area contributed by atoms with Crippen LogP contribution in [0.4, 0.5) is 10.5 Å². The normalized spacial score (nSPS) is 28.0. The van der Waals surface area contributed by atoms with Crippen LogP contribution in [0.5, 0.6) is 0 Å². The van der Waals surface area contributed by atoms with E-state index in [2.05, 4.69) is 10.6 Å². The van der Waals surface area contributed by atoms with E-state index in [0.29, 0.717) is 19.0 Å². The molecule has 0 aromatic heterocycles. The zero-order chi connectivity index (χ0) is 14.8. The van der Waals surface area contributed by atoms with Gasteiger partial charge >= 0.3 is 6.03 Å². The molecule has 3 rings (SSSR count). The molecule has 0 aliphatic carbocycles. The third-order valence-corrected chi connectivity index (χ3v) is 4.37. The maximum atomic E-state index is 12.3. The van der Waals surface area contributed by atoms with Crippen molar-refractivity contribution in [3.8, 4) is 0 Å². The van der Waals surface area contributed by atoms with Gasteiger partial charge in [0.25, 0.3) is 0 Å². The lowest BCUT2D eigenvalue weighted by atomic mass is 9.91. The summed E-state index contributed by atoms with van der Waals surface area (Å²) in [5, 5.41) is 6.14. The summed E-state index contributed by atoms with van der Waals surface area (Å²) in [6.45, 7) is 1.33. The number of nitrogens with two attached hydrogens (primary N) is 1. The maximum Gasteiger partial charge on any atom is 0.321 e. The largest absolute Gasteiger partial charge is 0.368 e. The molecule has 6 nitrogen and oxygen atoms in total. The molecule has 0 saturated carbocycles. The number of nitrogens with one attached hydrogen (secondary N) is 2. The van der Waals surface area contributed by atoms with Gasteiger partial charge in [0.05, 0.1) is 6.04 Å². The number of likely N-dealkylation sites (tertiary alicyclic amines) is 1. The predicted molar refractivity (Wildman–Crippen MR) is 79.7 cm³/mol. The van der Waals surface area contributed by atoms with Crippen molar-refractivity contribution >= 4 is 17.6 Å². The Hall–Kier alpha value is -2.08. The number of carbonyl (C=O) groups excluding carboxylic acids is 2. The van der Waals surface area contributed by atoms with Gasteiger partial charge < -0.3 is 21.3 Å². The SMILES string of the molecule is NC(=O)C1CC2CCN(C(=O)Nc3ccccc3)CC2N1.